The average Bonchev–Trinajstić information content (AvgIpc) is 2.49. The first-order valence-electron chi connectivity index (χ1n) is 6.98. The van der Waals surface area contributed by atoms with E-state index in [2.05, 4.69) is 39.8 Å². The smallest absolute Gasteiger partial charge is 0.335 e. The van der Waals surface area contributed by atoms with E-state index in [4.69, 9.17) is 4.74 Å². The highest BCUT2D eigenvalue weighted by atomic mass is 16.5. The van der Waals surface area contributed by atoms with Gasteiger partial charge in [-0.25, -0.2) is 4.79 Å². The van der Waals surface area contributed by atoms with Crippen molar-refractivity contribution in [3.8, 4) is 0 Å². The molecule has 0 saturated carbocycles. The van der Waals surface area contributed by atoms with Crippen LogP contribution in [0.1, 0.15) is 33.3 Å². The van der Waals surface area contributed by atoms with E-state index in [1.807, 2.05) is 18.2 Å². The summed E-state index contributed by atoms with van der Waals surface area (Å²) in [6.45, 7) is 8.70. The van der Waals surface area contributed by atoms with Crippen LogP contribution in [0.15, 0.2) is 47.1 Å². The maximum absolute atomic E-state index is 12.3. The summed E-state index contributed by atoms with van der Waals surface area (Å²) in [4.78, 5) is 12.3. The van der Waals surface area contributed by atoms with Crippen molar-refractivity contribution in [2.75, 3.05) is 7.11 Å². The first-order chi connectivity index (χ1) is 9.40. The Morgan fingerprint density at radius 2 is 1.55 bits per heavy atom. The summed E-state index contributed by atoms with van der Waals surface area (Å²) in [6.07, 6.45) is 0. The van der Waals surface area contributed by atoms with Gasteiger partial charge in [-0.2, -0.15) is 0 Å². The minimum atomic E-state index is -0.198. The van der Waals surface area contributed by atoms with E-state index in [1.54, 1.807) is 0 Å². The van der Waals surface area contributed by atoms with E-state index in [9.17, 15) is 4.79 Å². The van der Waals surface area contributed by atoms with E-state index in [1.165, 1.54) is 18.3 Å². The van der Waals surface area contributed by atoms with Gasteiger partial charge >= 0.3 is 5.97 Å². The first kappa shape index (κ1) is 13.2. The van der Waals surface area contributed by atoms with E-state index < -0.39 is 0 Å². The summed E-state index contributed by atoms with van der Waals surface area (Å²) < 4.78 is 5.03. The zero-order valence-electron chi connectivity index (χ0n) is 12.7. The summed E-state index contributed by atoms with van der Waals surface area (Å²) in [5.41, 5.74) is 5.57. The second-order valence-electron chi connectivity index (χ2n) is 6.11. The SMILES string of the molecule is COC(=O)C1=C(c2ccccc2)C2(C)C(C)=C(C)C12C. The molecule has 0 fully saturated rings. The Hall–Kier alpha value is -1.83. The molecule has 2 aliphatic rings. The molecule has 0 amide bonds. The fourth-order valence-electron chi connectivity index (χ4n) is 4.20. The molecule has 2 unspecified atom stereocenters. The van der Waals surface area contributed by atoms with Crippen molar-refractivity contribution < 1.29 is 9.53 Å². The number of esters is 1. The average molecular weight is 268 g/mol. The Bertz CT molecular complexity index is 666. The van der Waals surface area contributed by atoms with Crippen LogP contribution in [0.5, 0.6) is 0 Å². The molecule has 0 aliphatic heterocycles. The fraction of sp³-hybridized carbons (Fsp3) is 0.389. The number of hydrogen-bond acceptors (Lipinski definition) is 2. The topological polar surface area (TPSA) is 26.3 Å². The lowest BCUT2D eigenvalue weighted by atomic mass is 9.35. The molecule has 2 atom stereocenters. The lowest BCUT2D eigenvalue weighted by molar-refractivity contribution is -0.138. The van der Waals surface area contributed by atoms with E-state index >= 15 is 0 Å². The fourth-order valence-corrected chi connectivity index (χ4v) is 4.20. The Kier molecular flexibility index (Phi) is 2.53. The maximum atomic E-state index is 12.3. The third-order valence-electron chi connectivity index (χ3n) is 5.76. The standard InChI is InChI=1S/C18H20O2/c1-11-12(2)18(4)15(16(19)20-5)14(17(11,18)3)13-9-7-6-8-10-13/h6-10H,1-5H3. The summed E-state index contributed by atoms with van der Waals surface area (Å²) in [6, 6.07) is 10.2. The quantitative estimate of drug-likeness (QED) is 0.599. The van der Waals surface area contributed by atoms with Gasteiger partial charge in [-0.05, 0) is 25.0 Å². The Balaban J connectivity index is 2.25. The third kappa shape index (κ3) is 1.14. The van der Waals surface area contributed by atoms with Crippen molar-refractivity contribution in [1.82, 2.24) is 0 Å². The molecule has 0 heterocycles. The van der Waals surface area contributed by atoms with Crippen LogP contribution in [0.4, 0.5) is 0 Å². The third-order valence-corrected chi connectivity index (χ3v) is 5.76. The van der Waals surface area contributed by atoms with Gasteiger partial charge in [0.25, 0.3) is 0 Å². The van der Waals surface area contributed by atoms with Gasteiger partial charge in [0.1, 0.15) is 0 Å². The number of benzene rings is 1. The zero-order valence-corrected chi connectivity index (χ0v) is 12.7. The number of methoxy groups -OCH3 is 1. The van der Waals surface area contributed by atoms with Gasteiger partial charge in [-0.3, -0.25) is 0 Å². The molecule has 0 radical (unpaired) electrons. The first-order valence-corrected chi connectivity index (χ1v) is 6.98. The highest BCUT2D eigenvalue weighted by Crippen LogP contribution is 2.77. The van der Waals surface area contributed by atoms with Crippen LogP contribution in [0.3, 0.4) is 0 Å². The minimum absolute atomic E-state index is 0.0397. The van der Waals surface area contributed by atoms with Crippen molar-refractivity contribution in [3.05, 3.63) is 52.6 Å². The molecule has 104 valence electrons. The molecule has 2 nitrogen and oxygen atoms in total. The monoisotopic (exact) mass is 268 g/mol. The van der Waals surface area contributed by atoms with Crippen LogP contribution in [0, 0.1) is 10.8 Å². The number of carbonyl (C=O) groups excluding carboxylic acids is 1. The molecule has 2 heteroatoms. The van der Waals surface area contributed by atoms with Crippen molar-refractivity contribution in [2.24, 2.45) is 10.8 Å². The zero-order chi connectivity index (χ0) is 14.7. The van der Waals surface area contributed by atoms with Gasteiger partial charge in [0.2, 0.25) is 0 Å². The van der Waals surface area contributed by atoms with Crippen molar-refractivity contribution in [1.29, 1.82) is 0 Å². The number of carbonyl (C=O) groups is 1. The number of hydrogen-bond donors (Lipinski definition) is 0. The van der Waals surface area contributed by atoms with Gasteiger partial charge in [0, 0.05) is 10.8 Å². The molecule has 3 rings (SSSR count). The molecule has 20 heavy (non-hydrogen) atoms. The highest BCUT2D eigenvalue weighted by Gasteiger charge is 2.69. The van der Waals surface area contributed by atoms with Crippen LogP contribution in [0.25, 0.3) is 5.57 Å². The van der Waals surface area contributed by atoms with Crippen molar-refractivity contribution >= 4 is 11.5 Å². The van der Waals surface area contributed by atoms with E-state index in [0.717, 1.165) is 16.7 Å². The lowest BCUT2D eigenvalue weighted by Gasteiger charge is -2.67. The normalized spacial score (nSPS) is 31.4. The van der Waals surface area contributed by atoms with Gasteiger partial charge < -0.3 is 4.74 Å². The summed E-state index contributed by atoms with van der Waals surface area (Å²) in [7, 11) is 1.46. The molecule has 0 saturated heterocycles. The van der Waals surface area contributed by atoms with Gasteiger partial charge in [0.15, 0.2) is 0 Å². The largest absolute Gasteiger partial charge is 0.466 e. The van der Waals surface area contributed by atoms with Gasteiger partial charge in [-0.1, -0.05) is 55.3 Å². The Morgan fingerprint density at radius 3 is 2.10 bits per heavy atom. The molecule has 0 bridgehead atoms. The molecular formula is C18H20O2. The number of rotatable bonds is 2. The van der Waals surface area contributed by atoms with Crippen LogP contribution in [0.2, 0.25) is 0 Å². The molecule has 0 N–H and O–H groups in total. The van der Waals surface area contributed by atoms with E-state index in [0.29, 0.717) is 0 Å². The van der Waals surface area contributed by atoms with Crippen LogP contribution >= 0.6 is 0 Å². The number of fused-ring (bicyclic) bond motifs is 1. The second-order valence-corrected chi connectivity index (χ2v) is 6.11. The second kappa shape index (κ2) is 3.85. The van der Waals surface area contributed by atoms with Crippen LogP contribution in [-0.4, -0.2) is 13.1 Å². The molecular weight excluding hydrogens is 248 g/mol. The molecule has 0 spiro atoms. The van der Waals surface area contributed by atoms with Gasteiger partial charge in [-0.15, -0.1) is 0 Å². The Labute approximate surface area is 120 Å². The summed E-state index contributed by atoms with van der Waals surface area (Å²) >= 11 is 0. The molecule has 2 aliphatic carbocycles. The minimum Gasteiger partial charge on any atom is -0.466 e. The number of ether oxygens (including phenoxy) is 1. The maximum Gasteiger partial charge on any atom is 0.335 e. The van der Waals surface area contributed by atoms with Crippen molar-refractivity contribution in [2.45, 2.75) is 27.7 Å². The molecule has 1 aromatic carbocycles. The molecule has 1 aromatic rings. The number of allylic oxidation sites excluding steroid dienone is 3. The predicted octanol–water partition coefficient (Wildman–Crippen LogP) is 3.99. The highest BCUT2D eigenvalue weighted by molar-refractivity contribution is 6.09. The Morgan fingerprint density at radius 1 is 1.00 bits per heavy atom. The summed E-state index contributed by atoms with van der Waals surface area (Å²) in [5.74, 6) is -0.198. The van der Waals surface area contributed by atoms with Gasteiger partial charge in [0.05, 0.1) is 12.7 Å². The lowest BCUT2D eigenvalue weighted by Crippen LogP contribution is -2.60. The van der Waals surface area contributed by atoms with E-state index in [-0.39, 0.29) is 16.8 Å². The van der Waals surface area contributed by atoms with Crippen LogP contribution in [-0.2, 0) is 9.53 Å². The molecule has 0 aromatic heterocycles. The predicted molar refractivity (Wildman–Crippen MR) is 80.0 cm³/mol. The van der Waals surface area contributed by atoms with Crippen molar-refractivity contribution in [3.63, 3.8) is 0 Å². The summed E-state index contributed by atoms with van der Waals surface area (Å²) in [5, 5.41) is 0. The van der Waals surface area contributed by atoms with Crippen LogP contribution < -0.4 is 0 Å².